The molecule has 0 saturated carbocycles. The van der Waals surface area contributed by atoms with Gasteiger partial charge in [-0.1, -0.05) is 30.0 Å². The van der Waals surface area contributed by atoms with E-state index in [2.05, 4.69) is 15.4 Å². The maximum absolute atomic E-state index is 14.0. The molecule has 0 amide bonds. The van der Waals surface area contributed by atoms with Gasteiger partial charge in [-0.3, -0.25) is 0 Å². The van der Waals surface area contributed by atoms with Gasteiger partial charge in [0.25, 0.3) is 0 Å². The zero-order valence-corrected chi connectivity index (χ0v) is 19.3. The predicted octanol–water partition coefficient (Wildman–Crippen LogP) is 5.32. The lowest BCUT2D eigenvalue weighted by Crippen LogP contribution is -2.30. The number of aryl methyl sites for hydroxylation is 1. The van der Waals surface area contributed by atoms with Gasteiger partial charge in [-0.2, -0.15) is 4.98 Å². The molecular formula is C22H23FN4O2S2. The van der Waals surface area contributed by atoms with Crippen molar-refractivity contribution in [2.24, 2.45) is 0 Å². The lowest BCUT2D eigenvalue weighted by Gasteiger charge is -2.28. The van der Waals surface area contributed by atoms with Crippen molar-refractivity contribution in [3.05, 3.63) is 68.8 Å². The molecule has 0 bridgehead atoms. The first-order valence-corrected chi connectivity index (χ1v) is 11.8. The van der Waals surface area contributed by atoms with Crippen molar-refractivity contribution in [2.45, 2.75) is 50.8 Å². The number of ether oxygens (including phenoxy) is 1. The van der Waals surface area contributed by atoms with Crippen LogP contribution in [0, 0.1) is 12.7 Å². The Labute approximate surface area is 188 Å². The largest absolute Gasteiger partial charge is 0.459 e. The zero-order chi connectivity index (χ0) is 22.1. The summed E-state index contributed by atoms with van der Waals surface area (Å²) in [6.45, 7) is 7.51. The second-order valence-corrected chi connectivity index (χ2v) is 9.42. The van der Waals surface area contributed by atoms with Crippen LogP contribution >= 0.6 is 23.1 Å². The molecule has 0 spiro atoms. The Kier molecular flexibility index (Phi) is 6.15. The van der Waals surface area contributed by atoms with Gasteiger partial charge in [-0.05, 0) is 56.3 Å². The molecule has 6 nitrogen and oxygen atoms in total. The van der Waals surface area contributed by atoms with Gasteiger partial charge < -0.3 is 10.1 Å². The number of hydrogen-bond donors (Lipinski definition) is 1. The van der Waals surface area contributed by atoms with Gasteiger partial charge in [0, 0.05) is 16.3 Å². The molecule has 0 fully saturated rings. The first-order valence-electron chi connectivity index (χ1n) is 9.90. The fourth-order valence-corrected chi connectivity index (χ4v) is 5.23. The number of esters is 1. The van der Waals surface area contributed by atoms with Crippen LogP contribution in [-0.4, -0.2) is 26.8 Å². The highest BCUT2D eigenvalue weighted by atomic mass is 32.2. The van der Waals surface area contributed by atoms with E-state index < -0.39 is 6.04 Å². The molecule has 1 aliphatic rings. The number of aromatic nitrogens is 3. The molecular weight excluding hydrogens is 435 g/mol. The Balaban J connectivity index is 1.69. The van der Waals surface area contributed by atoms with E-state index in [1.54, 1.807) is 28.2 Å². The van der Waals surface area contributed by atoms with E-state index in [0.717, 1.165) is 10.4 Å². The summed E-state index contributed by atoms with van der Waals surface area (Å²) in [6, 6.07) is 8.26. The van der Waals surface area contributed by atoms with Crippen LogP contribution in [0.15, 0.2) is 52.1 Å². The number of carbonyl (C=O) groups is 1. The van der Waals surface area contributed by atoms with Crippen LogP contribution in [-0.2, 0) is 15.3 Å². The average molecular weight is 459 g/mol. The standard InChI is InChI=1S/C22H23FN4O2S2/c1-12(2)29-20(28)17-14(4)24-21-25-22(31-11-15-7-5-6-8-16(15)23)26-27(21)18(17)19-13(3)9-10-30-19/h5-10,12,18H,11H2,1-4H3,(H,24,25,26). The summed E-state index contributed by atoms with van der Waals surface area (Å²) in [6.07, 6.45) is -0.234. The Hall–Kier alpha value is -2.65. The molecule has 9 heteroatoms. The van der Waals surface area contributed by atoms with Crippen molar-refractivity contribution < 1.29 is 13.9 Å². The number of benzene rings is 1. The number of nitrogens with zero attached hydrogens (tertiary/aromatic N) is 3. The number of carbonyl (C=O) groups excluding carboxylic acids is 1. The van der Waals surface area contributed by atoms with Crippen LogP contribution in [0.5, 0.6) is 0 Å². The minimum atomic E-state index is -0.433. The summed E-state index contributed by atoms with van der Waals surface area (Å²) in [5, 5.41) is 10.4. The number of anilines is 1. The highest BCUT2D eigenvalue weighted by Gasteiger charge is 2.37. The molecule has 1 unspecified atom stereocenters. The Bertz CT molecular complexity index is 1150. The predicted molar refractivity (Wildman–Crippen MR) is 121 cm³/mol. The lowest BCUT2D eigenvalue weighted by molar-refractivity contribution is -0.143. The molecule has 1 N–H and O–H groups in total. The van der Waals surface area contributed by atoms with Gasteiger partial charge >= 0.3 is 5.97 Å². The quantitative estimate of drug-likeness (QED) is 0.398. The van der Waals surface area contributed by atoms with Crippen molar-refractivity contribution in [1.29, 1.82) is 0 Å². The molecule has 2 aromatic heterocycles. The lowest BCUT2D eigenvalue weighted by atomic mass is 10.00. The first kappa shape index (κ1) is 21.6. The van der Waals surface area contributed by atoms with Gasteiger partial charge in [-0.25, -0.2) is 13.9 Å². The highest BCUT2D eigenvalue weighted by Crippen LogP contribution is 2.40. The van der Waals surface area contributed by atoms with E-state index in [-0.39, 0.29) is 17.9 Å². The second-order valence-electron chi connectivity index (χ2n) is 7.53. The molecule has 0 radical (unpaired) electrons. The summed E-state index contributed by atoms with van der Waals surface area (Å²) in [4.78, 5) is 18.6. The SMILES string of the molecule is CC1=C(C(=O)OC(C)C)C(c2sccc2C)n2nc(SCc3ccccc3F)nc2N1. The van der Waals surface area contributed by atoms with Gasteiger partial charge in [0.2, 0.25) is 11.1 Å². The molecule has 162 valence electrons. The van der Waals surface area contributed by atoms with Crippen LogP contribution in [0.2, 0.25) is 0 Å². The Morgan fingerprint density at radius 1 is 1.32 bits per heavy atom. The first-order chi connectivity index (χ1) is 14.8. The normalized spacial score (nSPS) is 15.7. The molecule has 3 aromatic rings. The minimum absolute atomic E-state index is 0.234. The van der Waals surface area contributed by atoms with Crippen molar-refractivity contribution in [2.75, 3.05) is 5.32 Å². The summed E-state index contributed by atoms with van der Waals surface area (Å²) in [5.74, 6) is 0.334. The van der Waals surface area contributed by atoms with Crippen LogP contribution in [0.1, 0.15) is 42.8 Å². The molecule has 4 rings (SSSR count). The smallest absolute Gasteiger partial charge is 0.338 e. The summed E-state index contributed by atoms with van der Waals surface area (Å²) < 4.78 is 21.2. The molecule has 1 aliphatic heterocycles. The van der Waals surface area contributed by atoms with E-state index in [1.807, 2.05) is 45.2 Å². The average Bonchev–Trinajstić information content (AvgIpc) is 3.31. The van der Waals surface area contributed by atoms with E-state index in [1.165, 1.54) is 17.8 Å². The van der Waals surface area contributed by atoms with E-state index in [9.17, 15) is 9.18 Å². The molecule has 0 saturated heterocycles. The number of nitrogens with one attached hydrogen (secondary N) is 1. The number of hydrogen-bond acceptors (Lipinski definition) is 7. The molecule has 31 heavy (non-hydrogen) atoms. The number of rotatable bonds is 6. The number of halogens is 1. The fourth-order valence-electron chi connectivity index (χ4n) is 3.40. The third kappa shape index (κ3) is 4.38. The van der Waals surface area contributed by atoms with Crippen LogP contribution < -0.4 is 5.32 Å². The van der Waals surface area contributed by atoms with Crippen LogP contribution in [0.3, 0.4) is 0 Å². The Morgan fingerprint density at radius 2 is 2.10 bits per heavy atom. The van der Waals surface area contributed by atoms with E-state index in [0.29, 0.717) is 33.7 Å². The fraction of sp³-hybridized carbons (Fsp3) is 0.318. The van der Waals surface area contributed by atoms with Gasteiger partial charge in [0.15, 0.2) is 0 Å². The Morgan fingerprint density at radius 3 is 2.77 bits per heavy atom. The minimum Gasteiger partial charge on any atom is -0.459 e. The van der Waals surface area contributed by atoms with Gasteiger partial charge in [0.05, 0.1) is 11.7 Å². The maximum atomic E-state index is 14.0. The van der Waals surface area contributed by atoms with Gasteiger partial charge in [0.1, 0.15) is 11.9 Å². The molecule has 1 aromatic carbocycles. The van der Waals surface area contributed by atoms with E-state index >= 15 is 0 Å². The third-order valence-corrected chi connectivity index (χ3v) is 6.82. The van der Waals surface area contributed by atoms with Crippen LogP contribution in [0.4, 0.5) is 10.3 Å². The van der Waals surface area contributed by atoms with Crippen LogP contribution in [0.25, 0.3) is 0 Å². The zero-order valence-electron chi connectivity index (χ0n) is 17.7. The molecule has 1 atom stereocenters. The maximum Gasteiger partial charge on any atom is 0.338 e. The number of thiophene rings is 1. The third-order valence-electron chi connectivity index (χ3n) is 4.86. The highest BCUT2D eigenvalue weighted by molar-refractivity contribution is 7.98. The second kappa shape index (κ2) is 8.84. The van der Waals surface area contributed by atoms with Gasteiger partial charge in [-0.15, -0.1) is 16.4 Å². The molecule has 0 aliphatic carbocycles. The summed E-state index contributed by atoms with van der Waals surface area (Å²) in [5.41, 5.74) is 2.87. The van der Waals surface area contributed by atoms with Crippen molar-refractivity contribution in [3.63, 3.8) is 0 Å². The summed E-state index contributed by atoms with van der Waals surface area (Å²) >= 11 is 2.92. The monoisotopic (exact) mass is 458 g/mol. The number of thioether (sulfide) groups is 1. The van der Waals surface area contributed by atoms with E-state index in [4.69, 9.17) is 4.74 Å². The summed E-state index contributed by atoms with van der Waals surface area (Å²) in [7, 11) is 0. The van der Waals surface area contributed by atoms with Crippen molar-refractivity contribution in [1.82, 2.24) is 14.8 Å². The molecule has 3 heterocycles. The topological polar surface area (TPSA) is 69.0 Å². The number of fused-ring (bicyclic) bond motifs is 1. The number of allylic oxidation sites excluding steroid dienone is 1. The van der Waals surface area contributed by atoms with Crippen molar-refractivity contribution in [3.8, 4) is 0 Å². The van der Waals surface area contributed by atoms with Crippen molar-refractivity contribution >= 4 is 35.0 Å².